The molecule has 88 valence electrons. The zero-order valence-corrected chi connectivity index (χ0v) is 10.6. The number of hydrogen-bond donors (Lipinski definition) is 2. The summed E-state index contributed by atoms with van der Waals surface area (Å²) in [7, 11) is -3.23. The van der Waals surface area contributed by atoms with Crippen LogP contribution in [-0.4, -0.2) is 19.2 Å². The number of nitrogens with two attached hydrogens (primary N) is 1. The molecule has 0 aliphatic carbocycles. The molecule has 0 aliphatic rings. The average Bonchev–Trinajstić information content (AvgIpc) is 2.17. The maximum Gasteiger partial charge on any atom is 0.232 e. The van der Waals surface area contributed by atoms with Crippen molar-refractivity contribution in [3.05, 3.63) is 29.8 Å². The molecule has 0 atom stereocenters. The smallest absolute Gasteiger partial charge is 0.232 e. The number of rotatable bonds is 5. The summed E-state index contributed by atoms with van der Waals surface area (Å²) in [6, 6.07) is 6.65. The summed E-state index contributed by atoms with van der Waals surface area (Å²) in [5, 5.41) is 0. The maximum atomic E-state index is 11.5. The Balaban J connectivity index is 2.80. The van der Waals surface area contributed by atoms with Gasteiger partial charge in [-0.05, 0) is 30.7 Å². The fourth-order valence-electron chi connectivity index (χ4n) is 1.20. The van der Waals surface area contributed by atoms with Gasteiger partial charge in [0, 0.05) is 11.3 Å². The first kappa shape index (κ1) is 12.9. The summed E-state index contributed by atoms with van der Waals surface area (Å²) in [4.78, 5) is 0.294. The van der Waals surface area contributed by atoms with Gasteiger partial charge in [-0.25, -0.2) is 8.42 Å². The minimum atomic E-state index is -3.23. The molecular formula is C10H14N2O2S2. The normalized spacial score (nSPS) is 11.1. The Hall–Kier alpha value is -1.14. The molecule has 0 fully saturated rings. The summed E-state index contributed by atoms with van der Waals surface area (Å²) < 4.78 is 25.4. The monoisotopic (exact) mass is 258 g/mol. The topological polar surface area (TPSA) is 72.2 Å². The van der Waals surface area contributed by atoms with E-state index in [2.05, 4.69) is 4.72 Å². The predicted octanol–water partition coefficient (Wildman–Crippen LogP) is 1.47. The largest absolute Gasteiger partial charge is 0.389 e. The van der Waals surface area contributed by atoms with E-state index in [0.717, 1.165) is 0 Å². The van der Waals surface area contributed by atoms with E-state index in [1.54, 1.807) is 24.3 Å². The lowest BCUT2D eigenvalue weighted by Crippen LogP contribution is -2.16. The molecule has 3 N–H and O–H groups in total. The Labute approximate surface area is 101 Å². The second-order valence-corrected chi connectivity index (χ2v) is 5.64. The molecule has 0 bridgehead atoms. The van der Waals surface area contributed by atoms with Gasteiger partial charge in [-0.3, -0.25) is 4.72 Å². The highest BCUT2D eigenvalue weighted by molar-refractivity contribution is 7.92. The van der Waals surface area contributed by atoms with Crippen molar-refractivity contribution in [3.63, 3.8) is 0 Å². The number of hydrogen-bond acceptors (Lipinski definition) is 3. The molecule has 4 nitrogen and oxygen atoms in total. The highest BCUT2D eigenvalue weighted by Crippen LogP contribution is 2.11. The van der Waals surface area contributed by atoms with Crippen LogP contribution in [0.3, 0.4) is 0 Å². The van der Waals surface area contributed by atoms with E-state index < -0.39 is 10.0 Å². The van der Waals surface area contributed by atoms with Crippen molar-refractivity contribution < 1.29 is 8.42 Å². The van der Waals surface area contributed by atoms with Crippen molar-refractivity contribution in [1.29, 1.82) is 0 Å². The molecule has 0 heterocycles. The first-order valence-corrected chi connectivity index (χ1v) is 6.91. The Kier molecular flexibility index (Phi) is 4.26. The zero-order valence-electron chi connectivity index (χ0n) is 8.93. The summed E-state index contributed by atoms with van der Waals surface area (Å²) in [6.45, 7) is 1.81. The highest BCUT2D eigenvalue weighted by Gasteiger charge is 2.08. The lowest BCUT2D eigenvalue weighted by molar-refractivity contribution is 0.600. The van der Waals surface area contributed by atoms with Crippen LogP contribution in [-0.2, 0) is 10.0 Å². The summed E-state index contributed by atoms with van der Waals surface area (Å²) in [5.41, 5.74) is 6.67. The first-order valence-electron chi connectivity index (χ1n) is 4.85. The minimum Gasteiger partial charge on any atom is -0.389 e. The maximum absolute atomic E-state index is 11.5. The molecule has 1 rings (SSSR count). The molecule has 0 radical (unpaired) electrons. The molecule has 1 aromatic rings. The van der Waals surface area contributed by atoms with Crippen molar-refractivity contribution in [1.82, 2.24) is 0 Å². The van der Waals surface area contributed by atoms with Gasteiger partial charge in [0.25, 0.3) is 0 Å². The van der Waals surface area contributed by atoms with E-state index in [4.69, 9.17) is 18.0 Å². The van der Waals surface area contributed by atoms with Crippen molar-refractivity contribution in [2.75, 3.05) is 10.5 Å². The molecule has 0 unspecified atom stereocenters. The standard InChI is InChI=1S/C10H14N2O2S2/c1-2-7-16(13,14)12-9-5-3-8(4-6-9)10(11)15/h3-6,12H,2,7H2,1H3,(H2,11,15). The van der Waals surface area contributed by atoms with Crippen LogP contribution >= 0.6 is 12.2 Å². The number of sulfonamides is 1. The third-order valence-electron chi connectivity index (χ3n) is 1.92. The van der Waals surface area contributed by atoms with Gasteiger partial charge in [0.1, 0.15) is 4.99 Å². The molecule has 0 spiro atoms. The fraction of sp³-hybridized carbons (Fsp3) is 0.300. The highest BCUT2D eigenvalue weighted by atomic mass is 32.2. The molecule has 16 heavy (non-hydrogen) atoms. The molecule has 6 heteroatoms. The van der Waals surface area contributed by atoms with E-state index in [1.807, 2.05) is 6.92 Å². The number of nitrogens with one attached hydrogen (secondary N) is 1. The van der Waals surface area contributed by atoms with Gasteiger partial charge < -0.3 is 5.73 Å². The average molecular weight is 258 g/mol. The third-order valence-corrected chi connectivity index (χ3v) is 3.64. The van der Waals surface area contributed by atoms with Gasteiger partial charge in [0.05, 0.1) is 5.75 Å². The van der Waals surface area contributed by atoms with Crippen LogP contribution in [0.4, 0.5) is 5.69 Å². The molecule has 0 saturated carbocycles. The quantitative estimate of drug-likeness (QED) is 0.785. The second kappa shape index (κ2) is 5.27. The van der Waals surface area contributed by atoms with Crippen LogP contribution in [0.5, 0.6) is 0 Å². The van der Waals surface area contributed by atoms with Gasteiger partial charge >= 0.3 is 0 Å². The lowest BCUT2D eigenvalue weighted by Gasteiger charge is -2.07. The van der Waals surface area contributed by atoms with Gasteiger partial charge in [0.2, 0.25) is 10.0 Å². The molecular weight excluding hydrogens is 244 g/mol. The lowest BCUT2D eigenvalue weighted by atomic mass is 10.2. The number of benzene rings is 1. The van der Waals surface area contributed by atoms with Crippen LogP contribution in [0.2, 0.25) is 0 Å². The number of thiocarbonyl (C=S) groups is 1. The van der Waals surface area contributed by atoms with Crippen LogP contribution in [0.1, 0.15) is 18.9 Å². The van der Waals surface area contributed by atoms with Crippen molar-refractivity contribution in [3.8, 4) is 0 Å². The second-order valence-electron chi connectivity index (χ2n) is 3.36. The van der Waals surface area contributed by atoms with Gasteiger partial charge in [-0.2, -0.15) is 0 Å². The summed E-state index contributed by atoms with van der Waals surface area (Å²) in [6.07, 6.45) is 0.584. The van der Waals surface area contributed by atoms with E-state index in [0.29, 0.717) is 22.7 Å². The van der Waals surface area contributed by atoms with Gasteiger partial charge in [0.15, 0.2) is 0 Å². The first-order chi connectivity index (χ1) is 7.44. The van der Waals surface area contributed by atoms with Crippen LogP contribution in [0.25, 0.3) is 0 Å². The Bertz CT molecular complexity index is 466. The van der Waals surface area contributed by atoms with E-state index in [1.165, 1.54) is 0 Å². The van der Waals surface area contributed by atoms with Gasteiger partial charge in [-0.15, -0.1) is 0 Å². The molecule has 0 aromatic heterocycles. The predicted molar refractivity (Wildman–Crippen MR) is 70.0 cm³/mol. The summed E-state index contributed by atoms with van der Waals surface area (Å²) >= 11 is 4.80. The Morgan fingerprint density at radius 1 is 1.38 bits per heavy atom. The molecule has 0 aliphatic heterocycles. The van der Waals surface area contributed by atoms with Crippen LogP contribution in [0.15, 0.2) is 24.3 Å². The van der Waals surface area contributed by atoms with E-state index in [-0.39, 0.29) is 5.75 Å². The Morgan fingerprint density at radius 3 is 2.38 bits per heavy atom. The van der Waals surface area contributed by atoms with Crippen molar-refractivity contribution in [2.24, 2.45) is 5.73 Å². The Morgan fingerprint density at radius 2 is 1.94 bits per heavy atom. The minimum absolute atomic E-state index is 0.115. The molecule has 1 aromatic carbocycles. The third kappa shape index (κ3) is 3.79. The molecule has 0 amide bonds. The van der Waals surface area contributed by atoms with Gasteiger partial charge in [-0.1, -0.05) is 19.1 Å². The fourth-order valence-corrected chi connectivity index (χ4v) is 2.47. The number of anilines is 1. The van der Waals surface area contributed by atoms with Crippen LogP contribution in [0, 0.1) is 0 Å². The van der Waals surface area contributed by atoms with E-state index >= 15 is 0 Å². The summed E-state index contributed by atoms with van der Waals surface area (Å²) in [5.74, 6) is 0.115. The van der Waals surface area contributed by atoms with Crippen molar-refractivity contribution in [2.45, 2.75) is 13.3 Å². The SMILES string of the molecule is CCCS(=O)(=O)Nc1ccc(C(N)=S)cc1. The van der Waals surface area contributed by atoms with Crippen LogP contribution < -0.4 is 10.5 Å². The van der Waals surface area contributed by atoms with E-state index in [9.17, 15) is 8.42 Å². The zero-order chi connectivity index (χ0) is 12.2. The van der Waals surface area contributed by atoms with Crippen molar-refractivity contribution >= 4 is 32.9 Å². The molecule has 0 saturated heterocycles.